The van der Waals surface area contributed by atoms with Crippen molar-refractivity contribution in [2.24, 2.45) is 5.92 Å². The second-order valence-corrected chi connectivity index (χ2v) is 7.49. The van der Waals surface area contributed by atoms with E-state index in [1.807, 2.05) is 40.9 Å². The molecule has 6 heteroatoms. The van der Waals surface area contributed by atoms with Gasteiger partial charge in [-0.2, -0.15) is 11.8 Å². The van der Waals surface area contributed by atoms with Gasteiger partial charge in [0, 0.05) is 18.8 Å². The Labute approximate surface area is 141 Å². The molecular formula is C17H24N4OS. The summed E-state index contributed by atoms with van der Waals surface area (Å²) in [5, 5.41) is 3.18. The zero-order valence-corrected chi connectivity index (χ0v) is 14.5. The average Bonchev–Trinajstić information content (AvgIpc) is 2.77. The topological polar surface area (TPSA) is 61.0 Å². The molecule has 2 amide bonds. The molecular weight excluding hydrogens is 308 g/mol. The number of imidazole rings is 1. The molecule has 1 saturated heterocycles. The maximum absolute atomic E-state index is 12.6. The normalized spacial score (nSPS) is 17.3. The Morgan fingerprint density at radius 3 is 2.91 bits per heavy atom. The second-order valence-electron chi connectivity index (χ2n) is 6.26. The third-order valence-corrected chi connectivity index (χ3v) is 5.21. The maximum Gasteiger partial charge on any atom is 0.318 e. The number of carbonyl (C=O) groups excluding carboxylic acids is 1. The largest absolute Gasteiger partial charge is 0.340 e. The molecule has 1 aromatic heterocycles. The highest BCUT2D eigenvalue weighted by atomic mass is 32.2. The highest BCUT2D eigenvalue weighted by molar-refractivity contribution is 7.99. The van der Waals surface area contributed by atoms with Gasteiger partial charge in [-0.25, -0.2) is 9.78 Å². The van der Waals surface area contributed by atoms with Crippen LogP contribution in [0.25, 0.3) is 11.0 Å². The molecule has 2 heterocycles. The lowest BCUT2D eigenvalue weighted by Crippen LogP contribution is -2.44. The molecule has 1 atom stereocenters. The van der Waals surface area contributed by atoms with Crippen molar-refractivity contribution in [2.75, 3.05) is 24.6 Å². The summed E-state index contributed by atoms with van der Waals surface area (Å²) in [6.45, 7) is 5.87. The number of nitrogens with zero attached hydrogens (tertiary/aromatic N) is 2. The van der Waals surface area contributed by atoms with Crippen LogP contribution < -0.4 is 5.32 Å². The molecule has 124 valence electrons. The summed E-state index contributed by atoms with van der Waals surface area (Å²) in [5.74, 6) is 3.25. The Morgan fingerprint density at radius 1 is 1.30 bits per heavy atom. The standard InChI is InChI=1S/C17H24N4OS/c1-12(2)15(16-18-13-6-3-4-7-14(13)19-16)20-17(22)21-8-5-10-23-11-9-21/h3-4,6-7,12,15H,5,8-11H2,1-2H3,(H,18,19)(H,20,22). The number of hydrogen-bond donors (Lipinski definition) is 2. The van der Waals surface area contributed by atoms with Crippen molar-refractivity contribution in [1.82, 2.24) is 20.2 Å². The summed E-state index contributed by atoms with van der Waals surface area (Å²) in [4.78, 5) is 22.6. The molecule has 1 fully saturated rings. The van der Waals surface area contributed by atoms with E-state index >= 15 is 0 Å². The first-order valence-electron chi connectivity index (χ1n) is 8.23. The van der Waals surface area contributed by atoms with Crippen LogP contribution in [-0.4, -0.2) is 45.5 Å². The molecule has 2 N–H and O–H groups in total. The Balaban J connectivity index is 1.77. The zero-order chi connectivity index (χ0) is 16.2. The van der Waals surface area contributed by atoms with Crippen LogP contribution in [-0.2, 0) is 0 Å². The Morgan fingerprint density at radius 2 is 2.13 bits per heavy atom. The van der Waals surface area contributed by atoms with E-state index in [2.05, 4.69) is 29.1 Å². The maximum atomic E-state index is 12.6. The van der Waals surface area contributed by atoms with Gasteiger partial charge in [-0.3, -0.25) is 0 Å². The smallest absolute Gasteiger partial charge is 0.318 e. The van der Waals surface area contributed by atoms with E-state index in [4.69, 9.17) is 0 Å². The summed E-state index contributed by atoms with van der Waals surface area (Å²) >= 11 is 1.92. The molecule has 1 aliphatic rings. The van der Waals surface area contributed by atoms with Crippen molar-refractivity contribution < 1.29 is 4.79 Å². The second kappa shape index (κ2) is 7.25. The number of aromatic amines is 1. The lowest BCUT2D eigenvalue weighted by atomic mass is 10.0. The first-order valence-corrected chi connectivity index (χ1v) is 9.38. The number of para-hydroxylation sites is 2. The first kappa shape index (κ1) is 16.2. The number of rotatable bonds is 3. The molecule has 1 aliphatic heterocycles. The molecule has 2 aromatic rings. The van der Waals surface area contributed by atoms with Gasteiger partial charge in [0.1, 0.15) is 5.82 Å². The highest BCUT2D eigenvalue weighted by Crippen LogP contribution is 2.22. The van der Waals surface area contributed by atoms with Gasteiger partial charge in [-0.05, 0) is 30.2 Å². The van der Waals surface area contributed by atoms with Crippen LogP contribution in [0.1, 0.15) is 32.1 Å². The van der Waals surface area contributed by atoms with Crippen LogP contribution in [0.4, 0.5) is 4.79 Å². The van der Waals surface area contributed by atoms with Crippen molar-refractivity contribution in [3.8, 4) is 0 Å². The van der Waals surface area contributed by atoms with Crippen molar-refractivity contribution in [1.29, 1.82) is 0 Å². The predicted molar refractivity (Wildman–Crippen MR) is 95.7 cm³/mol. The van der Waals surface area contributed by atoms with E-state index in [0.717, 1.165) is 47.9 Å². The number of carbonyl (C=O) groups is 1. The molecule has 0 radical (unpaired) electrons. The number of aromatic nitrogens is 2. The third kappa shape index (κ3) is 3.80. The van der Waals surface area contributed by atoms with Gasteiger partial charge in [-0.1, -0.05) is 26.0 Å². The van der Waals surface area contributed by atoms with E-state index in [9.17, 15) is 4.79 Å². The van der Waals surface area contributed by atoms with Crippen LogP contribution in [0.5, 0.6) is 0 Å². The van der Waals surface area contributed by atoms with Crippen LogP contribution in [0.15, 0.2) is 24.3 Å². The monoisotopic (exact) mass is 332 g/mol. The van der Waals surface area contributed by atoms with Gasteiger partial charge < -0.3 is 15.2 Å². The Hall–Kier alpha value is -1.69. The molecule has 23 heavy (non-hydrogen) atoms. The van der Waals surface area contributed by atoms with E-state index in [0.29, 0.717) is 0 Å². The fourth-order valence-electron chi connectivity index (χ4n) is 2.84. The summed E-state index contributed by atoms with van der Waals surface area (Å²) in [5.41, 5.74) is 1.95. The van der Waals surface area contributed by atoms with Crippen LogP contribution in [0.2, 0.25) is 0 Å². The summed E-state index contributed by atoms with van der Waals surface area (Å²) in [6.07, 6.45) is 1.06. The SMILES string of the molecule is CC(C)C(NC(=O)N1CCCSCC1)c1nc2ccccc2[nH]1. The van der Waals surface area contributed by atoms with Gasteiger partial charge in [0.25, 0.3) is 0 Å². The molecule has 5 nitrogen and oxygen atoms in total. The van der Waals surface area contributed by atoms with Gasteiger partial charge >= 0.3 is 6.03 Å². The van der Waals surface area contributed by atoms with Crippen LogP contribution in [0, 0.1) is 5.92 Å². The van der Waals surface area contributed by atoms with Gasteiger partial charge in [0.05, 0.1) is 17.1 Å². The Bertz CT molecular complexity index is 628. The number of H-pyrrole nitrogens is 1. The molecule has 1 aromatic carbocycles. The van der Waals surface area contributed by atoms with Crippen LogP contribution in [0.3, 0.4) is 0 Å². The van der Waals surface area contributed by atoms with E-state index in [1.165, 1.54) is 0 Å². The lowest BCUT2D eigenvalue weighted by molar-refractivity contribution is 0.193. The third-order valence-electron chi connectivity index (χ3n) is 4.16. The van der Waals surface area contributed by atoms with Crippen molar-refractivity contribution in [3.63, 3.8) is 0 Å². The minimum absolute atomic E-state index is 0.0201. The number of fused-ring (bicyclic) bond motifs is 1. The van der Waals surface area contributed by atoms with Crippen LogP contribution >= 0.6 is 11.8 Å². The average molecular weight is 332 g/mol. The zero-order valence-electron chi connectivity index (χ0n) is 13.7. The minimum Gasteiger partial charge on any atom is -0.340 e. The van der Waals surface area contributed by atoms with Gasteiger partial charge in [0.15, 0.2) is 0 Å². The van der Waals surface area contributed by atoms with Gasteiger partial charge in [-0.15, -0.1) is 0 Å². The number of benzene rings is 1. The number of urea groups is 1. The predicted octanol–water partition coefficient (Wildman–Crippen LogP) is 3.41. The summed E-state index contributed by atoms with van der Waals surface area (Å²) in [6, 6.07) is 7.88. The lowest BCUT2D eigenvalue weighted by Gasteiger charge is -2.26. The molecule has 0 bridgehead atoms. The molecule has 0 saturated carbocycles. The number of nitrogens with one attached hydrogen (secondary N) is 2. The number of thioether (sulfide) groups is 1. The van der Waals surface area contributed by atoms with E-state index in [-0.39, 0.29) is 18.0 Å². The summed E-state index contributed by atoms with van der Waals surface area (Å²) in [7, 11) is 0. The molecule has 0 spiro atoms. The van der Waals surface area contributed by atoms with Gasteiger partial charge in [0.2, 0.25) is 0 Å². The summed E-state index contributed by atoms with van der Waals surface area (Å²) < 4.78 is 0. The first-order chi connectivity index (χ1) is 11.1. The van der Waals surface area contributed by atoms with E-state index in [1.54, 1.807) is 0 Å². The molecule has 0 aliphatic carbocycles. The molecule has 3 rings (SSSR count). The number of hydrogen-bond acceptors (Lipinski definition) is 3. The fraction of sp³-hybridized carbons (Fsp3) is 0.529. The minimum atomic E-state index is -0.106. The molecule has 1 unspecified atom stereocenters. The van der Waals surface area contributed by atoms with E-state index < -0.39 is 0 Å². The fourth-order valence-corrected chi connectivity index (χ4v) is 3.73. The number of amides is 2. The van der Waals surface area contributed by atoms with Crippen molar-refractivity contribution >= 4 is 28.8 Å². The highest BCUT2D eigenvalue weighted by Gasteiger charge is 2.24. The Kier molecular flexibility index (Phi) is 5.10. The quantitative estimate of drug-likeness (QED) is 0.905. The van der Waals surface area contributed by atoms with Crippen molar-refractivity contribution in [3.05, 3.63) is 30.1 Å². The van der Waals surface area contributed by atoms with Crippen molar-refractivity contribution in [2.45, 2.75) is 26.3 Å².